The predicted octanol–water partition coefficient (Wildman–Crippen LogP) is 12.6. The number of benzene rings is 3. The third-order valence-corrected chi connectivity index (χ3v) is 9.69. The molecule has 0 aliphatic carbocycles. The first-order chi connectivity index (χ1) is 25.2. The molecule has 0 atom stereocenters. The molecule has 4 nitrogen and oxygen atoms in total. The van der Waals surface area contributed by atoms with Crippen molar-refractivity contribution in [3.05, 3.63) is 205 Å². The summed E-state index contributed by atoms with van der Waals surface area (Å²) in [6, 6.07) is 31.7. The van der Waals surface area contributed by atoms with Crippen LogP contribution in [0.1, 0.15) is 44.5 Å². The van der Waals surface area contributed by atoms with E-state index in [2.05, 4.69) is 142 Å². The molecular formula is C48H44N4. The Hall–Kier alpha value is -6.39. The summed E-state index contributed by atoms with van der Waals surface area (Å²) in [7, 11) is 0. The first-order valence-corrected chi connectivity index (χ1v) is 17.4. The fraction of sp³-hybridized carbons (Fsp3) is 0.104. The van der Waals surface area contributed by atoms with Crippen molar-refractivity contribution in [2.45, 2.75) is 33.1 Å². The zero-order valence-corrected chi connectivity index (χ0v) is 30.5. The van der Waals surface area contributed by atoms with Crippen molar-refractivity contribution in [3.63, 3.8) is 0 Å². The van der Waals surface area contributed by atoms with Crippen LogP contribution in [-0.2, 0) is 5.41 Å². The number of allylic oxidation sites excluding steroid dienone is 12. The Labute approximate surface area is 308 Å². The summed E-state index contributed by atoms with van der Waals surface area (Å²) in [5, 5.41) is 2.30. The quantitative estimate of drug-likeness (QED) is 0.103. The molecule has 3 aromatic carbocycles. The van der Waals surface area contributed by atoms with Crippen molar-refractivity contribution in [3.8, 4) is 11.1 Å². The minimum absolute atomic E-state index is 0.388. The minimum Gasteiger partial charge on any atom is -0.278 e. The number of rotatable bonds is 11. The van der Waals surface area contributed by atoms with E-state index >= 15 is 0 Å². The van der Waals surface area contributed by atoms with Gasteiger partial charge in [0.2, 0.25) is 0 Å². The molecule has 0 saturated heterocycles. The number of aliphatic imine (C=N–C) groups is 1. The summed E-state index contributed by atoms with van der Waals surface area (Å²) in [6.07, 6.45) is 17.6. The van der Waals surface area contributed by atoms with Gasteiger partial charge in [-0.2, -0.15) is 0 Å². The van der Waals surface area contributed by atoms with Gasteiger partial charge in [0, 0.05) is 23.4 Å². The third-order valence-electron chi connectivity index (χ3n) is 9.69. The van der Waals surface area contributed by atoms with E-state index in [0.29, 0.717) is 0 Å². The van der Waals surface area contributed by atoms with Gasteiger partial charge < -0.3 is 0 Å². The second kappa shape index (κ2) is 15.2. The van der Waals surface area contributed by atoms with Crippen LogP contribution >= 0.6 is 0 Å². The molecule has 0 radical (unpaired) electrons. The van der Waals surface area contributed by atoms with E-state index in [4.69, 9.17) is 4.98 Å². The third kappa shape index (κ3) is 6.84. The van der Waals surface area contributed by atoms with Crippen LogP contribution in [0.15, 0.2) is 193 Å². The Balaban J connectivity index is 1.53. The second-order valence-corrected chi connectivity index (χ2v) is 13.3. The number of hydrogen-bond donors (Lipinski definition) is 0. The molecule has 0 saturated carbocycles. The van der Waals surface area contributed by atoms with Gasteiger partial charge in [-0.3, -0.25) is 9.88 Å². The van der Waals surface area contributed by atoms with Gasteiger partial charge in [-0.25, -0.2) is 9.98 Å². The van der Waals surface area contributed by atoms with Crippen LogP contribution in [0.4, 0.5) is 11.5 Å². The van der Waals surface area contributed by atoms with Crippen LogP contribution in [0.3, 0.4) is 0 Å². The maximum atomic E-state index is 4.69. The topological polar surface area (TPSA) is 41.4 Å². The Bertz CT molecular complexity index is 2350. The van der Waals surface area contributed by atoms with Gasteiger partial charge in [-0.1, -0.05) is 119 Å². The molecule has 0 unspecified atom stereocenters. The SMILES string of the molecule is C=C/C=C\C=C(/C)C(=C)/C=C(\C=C(/C)c1ccccn1)c1ccc(-c2ccc3c(c2)C(C)(C)C(C=C)=C(N=C)N3c2ccccn2)c2ccccc12. The van der Waals surface area contributed by atoms with Crippen LogP contribution in [0.25, 0.3) is 33.0 Å². The predicted molar refractivity (Wildman–Crippen MR) is 224 cm³/mol. The lowest BCUT2D eigenvalue weighted by Crippen LogP contribution is -2.33. The highest BCUT2D eigenvalue weighted by atomic mass is 15.3. The van der Waals surface area contributed by atoms with Gasteiger partial charge in [-0.15, -0.1) is 0 Å². The summed E-state index contributed by atoms with van der Waals surface area (Å²) >= 11 is 0. The molecular weight excluding hydrogens is 633 g/mol. The lowest BCUT2D eigenvalue weighted by Gasteiger charge is -2.41. The summed E-state index contributed by atoms with van der Waals surface area (Å²) in [4.78, 5) is 15.9. The van der Waals surface area contributed by atoms with Crippen molar-refractivity contribution in [2.24, 2.45) is 4.99 Å². The number of hydrogen-bond acceptors (Lipinski definition) is 4. The first-order valence-electron chi connectivity index (χ1n) is 17.4. The van der Waals surface area contributed by atoms with E-state index in [0.717, 1.165) is 83.9 Å². The molecule has 2 aromatic heterocycles. The van der Waals surface area contributed by atoms with Crippen LogP contribution in [-0.4, -0.2) is 16.7 Å². The van der Waals surface area contributed by atoms with Gasteiger partial charge in [0.25, 0.3) is 0 Å². The summed E-state index contributed by atoms with van der Waals surface area (Å²) in [5.41, 5.74) is 11.2. The van der Waals surface area contributed by atoms with Crippen molar-refractivity contribution in [1.29, 1.82) is 0 Å². The van der Waals surface area contributed by atoms with E-state index in [9.17, 15) is 0 Å². The molecule has 0 amide bonds. The molecule has 3 heterocycles. The maximum Gasteiger partial charge on any atom is 0.142 e. The smallest absolute Gasteiger partial charge is 0.142 e. The lowest BCUT2D eigenvalue weighted by molar-refractivity contribution is 0.616. The molecule has 0 fully saturated rings. The highest BCUT2D eigenvalue weighted by Gasteiger charge is 2.38. The molecule has 52 heavy (non-hydrogen) atoms. The van der Waals surface area contributed by atoms with E-state index in [-0.39, 0.29) is 5.41 Å². The number of pyridine rings is 2. The Kier molecular flexibility index (Phi) is 10.4. The molecule has 1 aliphatic heterocycles. The average molecular weight is 677 g/mol. The molecule has 4 heteroatoms. The van der Waals surface area contributed by atoms with Crippen molar-refractivity contribution in [1.82, 2.24) is 9.97 Å². The Morgan fingerprint density at radius 3 is 2.21 bits per heavy atom. The molecule has 0 spiro atoms. The van der Waals surface area contributed by atoms with Crippen molar-refractivity contribution >= 4 is 40.1 Å². The highest BCUT2D eigenvalue weighted by Crippen LogP contribution is 2.50. The zero-order valence-electron chi connectivity index (χ0n) is 30.5. The Morgan fingerprint density at radius 2 is 1.54 bits per heavy atom. The monoisotopic (exact) mass is 676 g/mol. The molecule has 1 aliphatic rings. The van der Waals surface area contributed by atoms with Gasteiger partial charge in [0.1, 0.15) is 11.6 Å². The van der Waals surface area contributed by atoms with Gasteiger partial charge in [0.15, 0.2) is 0 Å². The summed E-state index contributed by atoms with van der Waals surface area (Å²) in [6.45, 7) is 25.0. The van der Waals surface area contributed by atoms with Crippen LogP contribution < -0.4 is 4.90 Å². The van der Waals surface area contributed by atoms with Crippen LogP contribution in [0.5, 0.6) is 0 Å². The normalized spacial score (nSPS) is 14.8. The zero-order chi connectivity index (χ0) is 36.8. The van der Waals surface area contributed by atoms with E-state index in [1.54, 1.807) is 12.3 Å². The van der Waals surface area contributed by atoms with E-state index in [1.165, 1.54) is 0 Å². The number of nitrogens with zero attached hydrogens (tertiary/aromatic N) is 4. The molecule has 5 aromatic rings. The van der Waals surface area contributed by atoms with Gasteiger partial charge >= 0.3 is 0 Å². The fourth-order valence-electron chi connectivity index (χ4n) is 6.87. The summed E-state index contributed by atoms with van der Waals surface area (Å²) in [5.74, 6) is 1.52. The maximum absolute atomic E-state index is 4.69. The molecule has 6 rings (SSSR count). The number of aromatic nitrogens is 2. The molecule has 0 N–H and O–H groups in total. The van der Waals surface area contributed by atoms with Crippen molar-refractivity contribution in [2.75, 3.05) is 4.90 Å². The van der Waals surface area contributed by atoms with E-state index < -0.39 is 0 Å². The largest absolute Gasteiger partial charge is 0.278 e. The fourth-order valence-corrected chi connectivity index (χ4v) is 6.87. The Morgan fingerprint density at radius 1 is 0.808 bits per heavy atom. The standard InChI is InChI=1S/C48H44N4/c1-9-11-12-19-33(3)34(4)30-37(31-35(5)44-22-15-17-28-50-44)39-26-25-38(40-20-13-14-21-41(39)40)36-24-27-45-43(32-36)48(6,7)42(10-2)47(49-8)52(45)46-23-16-18-29-51-46/h9-32H,1-2,4,8H2,3,5-7H3/b12-11-,33-19+,35-31+,37-30+. The molecule has 0 bridgehead atoms. The average Bonchev–Trinajstić information content (AvgIpc) is 3.17. The van der Waals surface area contributed by atoms with Gasteiger partial charge in [-0.05, 0) is 124 Å². The highest BCUT2D eigenvalue weighted by molar-refractivity contribution is 6.05. The van der Waals surface area contributed by atoms with Crippen molar-refractivity contribution < 1.29 is 0 Å². The first kappa shape index (κ1) is 35.4. The van der Waals surface area contributed by atoms with E-state index in [1.807, 2.05) is 60.8 Å². The van der Waals surface area contributed by atoms with Crippen LogP contribution in [0, 0.1) is 0 Å². The number of anilines is 2. The number of fused-ring (bicyclic) bond motifs is 2. The lowest BCUT2D eigenvalue weighted by atomic mass is 9.73. The summed E-state index contributed by atoms with van der Waals surface area (Å²) < 4.78 is 0. The molecule has 256 valence electrons. The minimum atomic E-state index is -0.388. The van der Waals surface area contributed by atoms with Crippen LogP contribution in [0.2, 0.25) is 0 Å². The second-order valence-electron chi connectivity index (χ2n) is 13.3. The van der Waals surface area contributed by atoms with Gasteiger partial charge in [0.05, 0.1) is 11.4 Å².